The van der Waals surface area contributed by atoms with Crippen LogP contribution in [-0.4, -0.2) is 0 Å². The molecule has 0 amide bonds. The van der Waals surface area contributed by atoms with Gasteiger partial charge in [-0.15, -0.1) is 0 Å². The summed E-state index contributed by atoms with van der Waals surface area (Å²) in [6.45, 7) is 12.3. The third-order valence-corrected chi connectivity index (χ3v) is 7.09. The lowest BCUT2D eigenvalue weighted by atomic mass is 9.95. The Morgan fingerprint density at radius 3 is 1.65 bits per heavy atom. The molecule has 43 heavy (non-hydrogen) atoms. The van der Waals surface area contributed by atoms with Gasteiger partial charge < -0.3 is 5.32 Å². The van der Waals surface area contributed by atoms with Crippen molar-refractivity contribution >= 4 is 17.5 Å². The molecule has 0 heterocycles. The van der Waals surface area contributed by atoms with Crippen molar-refractivity contribution in [1.29, 1.82) is 0 Å². The number of aryl methyl sites for hydroxylation is 4. The van der Waals surface area contributed by atoms with Crippen molar-refractivity contribution in [3.05, 3.63) is 186 Å². The molecule has 0 aliphatic carbocycles. The number of nitrogens with one attached hydrogen (secondary N) is 1. The highest BCUT2D eigenvalue weighted by Gasteiger charge is 2.04. The van der Waals surface area contributed by atoms with Crippen LogP contribution in [-0.2, 0) is 0 Å². The summed E-state index contributed by atoms with van der Waals surface area (Å²) in [7, 11) is 0. The van der Waals surface area contributed by atoms with Gasteiger partial charge in [0.15, 0.2) is 0 Å². The molecular weight excluding hydrogens is 518 g/mol. The van der Waals surface area contributed by atoms with E-state index >= 15 is 0 Å². The molecule has 0 aliphatic rings. The summed E-state index contributed by atoms with van der Waals surface area (Å²) in [5, 5.41) is 3.34. The van der Waals surface area contributed by atoms with Crippen molar-refractivity contribution in [2.24, 2.45) is 0 Å². The number of hydrogen-bond donors (Lipinski definition) is 1. The summed E-state index contributed by atoms with van der Waals surface area (Å²) in [5.41, 5.74) is 13.8. The highest BCUT2D eigenvalue weighted by molar-refractivity contribution is 5.77. The number of hydrogen-bond acceptors (Lipinski definition) is 1. The van der Waals surface area contributed by atoms with E-state index in [0.29, 0.717) is 0 Å². The van der Waals surface area contributed by atoms with Crippen LogP contribution in [0.1, 0.15) is 27.8 Å². The predicted octanol–water partition coefficient (Wildman–Crippen LogP) is 12.0. The predicted molar refractivity (Wildman–Crippen MR) is 189 cm³/mol. The first-order chi connectivity index (χ1) is 20.9. The summed E-state index contributed by atoms with van der Waals surface area (Å²) in [6.07, 6.45) is 1.91. The van der Waals surface area contributed by atoms with Gasteiger partial charge in [0.2, 0.25) is 0 Å². The van der Waals surface area contributed by atoms with Gasteiger partial charge >= 0.3 is 0 Å². The van der Waals surface area contributed by atoms with Crippen LogP contribution in [0.2, 0.25) is 0 Å². The quantitative estimate of drug-likeness (QED) is 0.221. The minimum Gasteiger partial charge on any atom is -0.356 e. The molecule has 0 spiro atoms. The first-order valence-corrected chi connectivity index (χ1v) is 14.7. The van der Waals surface area contributed by atoms with Crippen LogP contribution in [0, 0.1) is 27.7 Å². The molecule has 0 bridgehead atoms. The summed E-state index contributed by atoms with van der Waals surface area (Å²) in [6, 6.07) is 52.5. The summed E-state index contributed by atoms with van der Waals surface area (Å²) < 4.78 is 0. The molecule has 0 atom stereocenters. The fraction of sp³-hybridized carbons (Fsp3) is 0.0952. The van der Waals surface area contributed by atoms with E-state index in [-0.39, 0.29) is 0 Å². The number of para-hydroxylation sites is 1. The van der Waals surface area contributed by atoms with Gasteiger partial charge in [0.25, 0.3) is 0 Å². The monoisotopic (exact) mass is 559 g/mol. The average molecular weight is 560 g/mol. The molecule has 0 radical (unpaired) electrons. The van der Waals surface area contributed by atoms with Crippen molar-refractivity contribution in [3.63, 3.8) is 0 Å². The number of benzene rings is 6. The smallest absolute Gasteiger partial charge is 0.0386 e. The highest BCUT2D eigenvalue weighted by Crippen LogP contribution is 2.28. The Morgan fingerprint density at radius 1 is 0.442 bits per heavy atom. The minimum absolute atomic E-state index is 1.12. The molecule has 1 N–H and O–H groups in total. The van der Waals surface area contributed by atoms with Crippen molar-refractivity contribution < 1.29 is 0 Å². The van der Waals surface area contributed by atoms with Gasteiger partial charge in [-0.1, -0.05) is 151 Å². The van der Waals surface area contributed by atoms with Crippen molar-refractivity contribution in [2.75, 3.05) is 5.32 Å². The molecule has 6 aromatic carbocycles. The van der Waals surface area contributed by atoms with Crippen LogP contribution >= 0.6 is 0 Å². The highest BCUT2D eigenvalue weighted by atomic mass is 14.9. The lowest BCUT2D eigenvalue weighted by molar-refractivity contribution is 1.38. The number of anilines is 2. The maximum Gasteiger partial charge on any atom is 0.0386 e. The van der Waals surface area contributed by atoms with Crippen molar-refractivity contribution in [3.8, 4) is 22.3 Å². The molecule has 214 valence electrons. The molecule has 6 rings (SSSR count). The Kier molecular flexibility index (Phi) is 11.3. The van der Waals surface area contributed by atoms with E-state index in [4.69, 9.17) is 0 Å². The van der Waals surface area contributed by atoms with Crippen molar-refractivity contribution in [1.82, 2.24) is 0 Å². The zero-order valence-electron chi connectivity index (χ0n) is 25.7. The van der Waals surface area contributed by atoms with Gasteiger partial charge in [-0.3, -0.25) is 0 Å². The number of rotatable bonds is 5. The minimum atomic E-state index is 1.12. The first kappa shape index (κ1) is 30.8. The van der Waals surface area contributed by atoms with Crippen LogP contribution in [0.4, 0.5) is 11.4 Å². The van der Waals surface area contributed by atoms with E-state index in [1.54, 1.807) is 0 Å². The molecule has 0 saturated heterocycles. The molecular formula is C42H41N. The second-order valence-corrected chi connectivity index (χ2v) is 10.7. The average Bonchev–Trinajstić information content (AvgIpc) is 3.03. The third kappa shape index (κ3) is 9.45. The maximum atomic E-state index is 3.86. The summed E-state index contributed by atoms with van der Waals surface area (Å²) in [4.78, 5) is 0. The van der Waals surface area contributed by atoms with E-state index in [9.17, 15) is 0 Å². The lowest BCUT2D eigenvalue weighted by Gasteiger charge is -2.10. The van der Waals surface area contributed by atoms with E-state index < -0.39 is 0 Å². The Bertz CT molecular complexity index is 1720. The van der Waals surface area contributed by atoms with Gasteiger partial charge in [-0.25, -0.2) is 0 Å². The van der Waals surface area contributed by atoms with Crippen LogP contribution in [0.3, 0.4) is 0 Å². The largest absolute Gasteiger partial charge is 0.356 e. The molecule has 0 fully saturated rings. The summed E-state index contributed by atoms with van der Waals surface area (Å²) in [5.74, 6) is 0. The fourth-order valence-corrected chi connectivity index (χ4v) is 4.82. The zero-order chi connectivity index (χ0) is 30.4. The van der Waals surface area contributed by atoms with Gasteiger partial charge in [-0.05, 0) is 90.9 Å². The molecule has 1 heteroatoms. The van der Waals surface area contributed by atoms with Gasteiger partial charge in [0.1, 0.15) is 0 Å². The zero-order valence-corrected chi connectivity index (χ0v) is 25.7. The van der Waals surface area contributed by atoms with Crippen LogP contribution in [0.25, 0.3) is 28.3 Å². The van der Waals surface area contributed by atoms with E-state index in [1.807, 2.05) is 36.4 Å². The normalized spacial score (nSPS) is 9.95. The maximum absolute atomic E-state index is 3.86. The van der Waals surface area contributed by atoms with Gasteiger partial charge in [0, 0.05) is 11.4 Å². The van der Waals surface area contributed by atoms with Gasteiger partial charge in [-0.2, -0.15) is 0 Å². The first-order valence-electron chi connectivity index (χ1n) is 14.7. The van der Waals surface area contributed by atoms with Crippen LogP contribution < -0.4 is 5.32 Å². The molecule has 1 nitrogen and oxygen atoms in total. The fourth-order valence-electron chi connectivity index (χ4n) is 4.82. The standard InChI is InChI=1S/C16H16.C13H13N.C13H12/c1-4-14-7-5-6-8-16(14)15-10-9-12(2)11-13(15)3;1-11-6-5-9-13(10-11)14-12-7-3-2-4-8-12;1-11-7-9-13(10-8-11)12-5-3-2-4-6-12/h4-11H,1H2,2-3H3;2-10,14H,1H3;2-10H,1H3. The van der Waals surface area contributed by atoms with Crippen LogP contribution in [0.5, 0.6) is 0 Å². The van der Waals surface area contributed by atoms with Gasteiger partial charge in [0.05, 0.1) is 0 Å². The topological polar surface area (TPSA) is 12.0 Å². The Balaban J connectivity index is 0.000000148. The SMILES string of the molecule is C=Cc1ccccc1-c1ccc(C)cc1C.Cc1ccc(-c2ccccc2)cc1.Cc1cccc(Nc2ccccc2)c1. The molecule has 0 aliphatic heterocycles. The Labute approximate surface area is 258 Å². The van der Waals surface area contributed by atoms with Crippen LogP contribution in [0.15, 0.2) is 158 Å². The van der Waals surface area contributed by atoms with E-state index in [1.165, 1.54) is 50.1 Å². The molecule has 6 aromatic rings. The second-order valence-electron chi connectivity index (χ2n) is 10.7. The third-order valence-electron chi connectivity index (χ3n) is 7.09. The Morgan fingerprint density at radius 2 is 1.00 bits per heavy atom. The second kappa shape index (κ2) is 15.7. The Hall–Kier alpha value is -5.14. The lowest BCUT2D eigenvalue weighted by Crippen LogP contribution is -1.89. The van der Waals surface area contributed by atoms with E-state index in [2.05, 4.69) is 161 Å². The van der Waals surface area contributed by atoms with Crippen molar-refractivity contribution in [2.45, 2.75) is 27.7 Å². The summed E-state index contributed by atoms with van der Waals surface area (Å²) >= 11 is 0. The molecule has 0 saturated carbocycles. The molecule has 0 aromatic heterocycles. The van der Waals surface area contributed by atoms with E-state index in [0.717, 1.165) is 11.4 Å². The molecule has 0 unspecified atom stereocenters.